The number of nitrogens with zero attached hydrogens (tertiary/aromatic N) is 3. The first kappa shape index (κ1) is 25.0. The van der Waals surface area contributed by atoms with E-state index in [2.05, 4.69) is 16.2 Å². The summed E-state index contributed by atoms with van der Waals surface area (Å²) in [6.45, 7) is 4.62. The molecule has 2 aliphatic rings. The topological polar surface area (TPSA) is 121 Å². The number of sulfone groups is 1. The minimum Gasteiger partial charge on any atom is -0.490 e. The third-order valence-corrected chi connectivity index (χ3v) is 7.70. The molecule has 2 aromatic rings. The average molecular weight is 533 g/mol. The van der Waals surface area contributed by atoms with E-state index in [1.165, 1.54) is 6.08 Å². The largest absolute Gasteiger partial charge is 0.490 e. The fourth-order valence-corrected chi connectivity index (χ4v) is 5.27. The van der Waals surface area contributed by atoms with Crippen LogP contribution in [-0.4, -0.2) is 54.2 Å². The van der Waals surface area contributed by atoms with Gasteiger partial charge in [0.25, 0.3) is 5.91 Å². The number of fused-ring (bicyclic) bond motifs is 1. The number of nitrogens with one attached hydrogen (secondary N) is 1. The van der Waals surface area contributed by atoms with Crippen molar-refractivity contribution in [2.75, 3.05) is 19.5 Å². The summed E-state index contributed by atoms with van der Waals surface area (Å²) in [6, 6.07) is 10.9. The van der Waals surface area contributed by atoms with Gasteiger partial charge in [-0.2, -0.15) is 10.0 Å². The predicted molar refractivity (Wildman–Crippen MR) is 138 cm³/mol. The van der Waals surface area contributed by atoms with Crippen LogP contribution in [0.1, 0.15) is 16.7 Å². The quantitative estimate of drug-likeness (QED) is 0.440. The van der Waals surface area contributed by atoms with Crippen molar-refractivity contribution >= 4 is 60.6 Å². The van der Waals surface area contributed by atoms with Gasteiger partial charge >= 0.3 is 0 Å². The number of thioether (sulfide) groups is 1. The van der Waals surface area contributed by atoms with E-state index >= 15 is 0 Å². The summed E-state index contributed by atoms with van der Waals surface area (Å²) >= 11 is 7.08. The van der Waals surface area contributed by atoms with Gasteiger partial charge < -0.3 is 9.47 Å². The second kappa shape index (κ2) is 9.84. The minimum absolute atomic E-state index is 0.0300. The molecule has 0 spiro atoms. The molecule has 0 atom stereocenters. The highest BCUT2D eigenvalue weighted by molar-refractivity contribution is 8.42. The number of hydrogen-bond acceptors (Lipinski definition) is 8. The second-order valence-corrected chi connectivity index (χ2v) is 11.4. The number of benzene rings is 2. The molecule has 0 aromatic heterocycles. The molecule has 0 fully saturated rings. The van der Waals surface area contributed by atoms with Crippen LogP contribution in [-0.2, 0) is 14.6 Å². The van der Waals surface area contributed by atoms with Crippen molar-refractivity contribution < 1.29 is 22.7 Å². The number of aliphatic imine (C=N–C) groups is 1. The van der Waals surface area contributed by atoms with Crippen LogP contribution < -0.4 is 9.47 Å². The number of carbonyl (C=O) groups is 1. The van der Waals surface area contributed by atoms with Gasteiger partial charge in [-0.1, -0.05) is 23.7 Å². The van der Waals surface area contributed by atoms with Gasteiger partial charge in [0.2, 0.25) is 19.4 Å². The smallest absolute Gasteiger partial charge is 0.283 e. The van der Waals surface area contributed by atoms with Gasteiger partial charge in [0.05, 0.1) is 10.6 Å². The molecule has 0 saturated heterocycles. The normalized spacial score (nSPS) is 16.8. The lowest BCUT2D eigenvalue weighted by atomic mass is 10.1. The first-order valence-electron chi connectivity index (χ1n) is 10.3. The van der Waals surface area contributed by atoms with Crippen LogP contribution in [0.4, 0.5) is 0 Å². The molecule has 0 radical (unpaired) electrons. The molecule has 1 N–H and O–H groups in total. The third kappa shape index (κ3) is 5.75. The van der Waals surface area contributed by atoms with E-state index in [0.717, 1.165) is 39.9 Å². The zero-order valence-electron chi connectivity index (χ0n) is 19.0. The number of ether oxygens (including phenoxy) is 2. The summed E-state index contributed by atoms with van der Waals surface area (Å²) in [5.41, 5.74) is 2.73. The summed E-state index contributed by atoms with van der Waals surface area (Å²) in [4.78, 5) is 16.4. The second-order valence-electron chi connectivity index (χ2n) is 7.87. The van der Waals surface area contributed by atoms with Crippen LogP contribution in [0.3, 0.4) is 0 Å². The molecule has 2 aliphatic heterocycles. The molecular formula is C23H21ClN4O5S2. The number of halogens is 1. The molecule has 0 bridgehead atoms. The lowest BCUT2D eigenvalue weighted by molar-refractivity contribution is -0.114. The Bertz CT molecular complexity index is 1410. The van der Waals surface area contributed by atoms with Crippen LogP contribution in [0.25, 0.3) is 6.08 Å². The zero-order valence-corrected chi connectivity index (χ0v) is 21.4. The Morgan fingerprint density at radius 1 is 1.11 bits per heavy atom. The van der Waals surface area contributed by atoms with E-state index in [1.54, 1.807) is 18.2 Å². The van der Waals surface area contributed by atoms with Gasteiger partial charge in [0, 0.05) is 6.26 Å². The van der Waals surface area contributed by atoms with E-state index in [4.69, 9.17) is 26.5 Å². The average Bonchev–Trinajstić information content (AvgIpc) is 3.19. The van der Waals surface area contributed by atoms with Crippen LogP contribution in [0, 0.1) is 19.3 Å². The van der Waals surface area contributed by atoms with Crippen molar-refractivity contribution in [3.8, 4) is 11.5 Å². The lowest BCUT2D eigenvalue weighted by Gasteiger charge is -2.20. The van der Waals surface area contributed by atoms with E-state index < -0.39 is 15.7 Å². The molecule has 9 nitrogen and oxygen atoms in total. The number of carbonyl (C=O) groups excluding carboxylic acids is 1. The zero-order chi connectivity index (χ0) is 25.3. The summed E-state index contributed by atoms with van der Waals surface area (Å²) in [6.07, 6.45) is 2.45. The molecular weight excluding hydrogens is 512 g/mol. The summed E-state index contributed by atoms with van der Waals surface area (Å²) in [7, 11) is -3.60. The maximum atomic E-state index is 12.5. The van der Waals surface area contributed by atoms with Gasteiger partial charge in [-0.25, -0.2) is 8.42 Å². The van der Waals surface area contributed by atoms with Gasteiger partial charge in [-0.3, -0.25) is 10.2 Å². The van der Waals surface area contributed by atoms with E-state index in [0.29, 0.717) is 22.9 Å². The molecule has 0 saturated carbocycles. The van der Waals surface area contributed by atoms with Gasteiger partial charge in [-0.05, 0) is 72.6 Å². The first-order valence-corrected chi connectivity index (χ1v) is 13.4. The van der Waals surface area contributed by atoms with E-state index in [-0.39, 0.29) is 27.6 Å². The number of amidine groups is 2. The molecule has 2 heterocycles. The van der Waals surface area contributed by atoms with Gasteiger partial charge in [0.15, 0.2) is 5.84 Å². The maximum Gasteiger partial charge on any atom is 0.283 e. The molecule has 1 amide bonds. The maximum absolute atomic E-state index is 12.5. The number of hydrogen-bond donors (Lipinski definition) is 1. The Morgan fingerprint density at radius 2 is 1.80 bits per heavy atom. The summed E-state index contributed by atoms with van der Waals surface area (Å²) in [5, 5.41) is 13.6. The Kier molecular flexibility index (Phi) is 7.02. The van der Waals surface area contributed by atoms with E-state index in [1.807, 2.05) is 26.0 Å². The standard InChI is InChI=1S/C23H21ClN4O5S2/c1-13-8-14(2)10-16(9-13)32-6-7-33-19-5-4-15(12-18(19)24)11-17-20(25)28-22(26-21(17)29)34-23(27-28)35(3,30)31/h4-5,8-12,25H,6-7H2,1-3H3/b17-11+,25-20?. The number of rotatable bonds is 6. The first-order chi connectivity index (χ1) is 16.5. The molecule has 2 aromatic carbocycles. The van der Waals surface area contributed by atoms with Crippen molar-refractivity contribution in [2.24, 2.45) is 10.1 Å². The summed E-state index contributed by atoms with van der Waals surface area (Å²) in [5.74, 6) is 0.278. The Balaban J connectivity index is 1.43. The highest BCUT2D eigenvalue weighted by Gasteiger charge is 2.38. The third-order valence-electron chi connectivity index (χ3n) is 4.82. The Hall–Kier alpha value is -3.15. The van der Waals surface area contributed by atoms with Crippen molar-refractivity contribution in [2.45, 2.75) is 13.8 Å². The SMILES string of the molecule is Cc1cc(C)cc(OCCOc2ccc(/C=C3\C(=N)N4N=C(S(C)(=O)=O)SC4=NC3=O)cc2Cl)c1. The molecule has 12 heteroatoms. The van der Waals surface area contributed by atoms with Gasteiger partial charge in [-0.15, -0.1) is 5.10 Å². The fraction of sp³-hybridized carbons (Fsp3) is 0.217. The lowest BCUT2D eigenvalue weighted by Crippen LogP contribution is -2.35. The Morgan fingerprint density at radius 3 is 2.46 bits per heavy atom. The molecule has 0 aliphatic carbocycles. The van der Waals surface area contributed by atoms with Crippen LogP contribution in [0.15, 0.2) is 52.1 Å². The van der Waals surface area contributed by atoms with Crippen LogP contribution >= 0.6 is 23.4 Å². The fourth-order valence-electron chi connectivity index (χ4n) is 3.34. The predicted octanol–water partition coefficient (Wildman–Crippen LogP) is 4.04. The van der Waals surface area contributed by atoms with Crippen molar-refractivity contribution in [1.82, 2.24) is 5.01 Å². The molecule has 35 heavy (non-hydrogen) atoms. The summed E-state index contributed by atoms with van der Waals surface area (Å²) < 4.78 is 34.8. The van der Waals surface area contributed by atoms with Crippen molar-refractivity contribution in [3.05, 3.63) is 63.7 Å². The highest BCUT2D eigenvalue weighted by Crippen LogP contribution is 2.31. The van der Waals surface area contributed by atoms with Crippen LogP contribution in [0.2, 0.25) is 5.02 Å². The number of amides is 1. The van der Waals surface area contributed by atoms with Crippen LogP contribution in [0.5, 0.6) is 11.5 Å². The Labute approximate surface area is 211 Å². The molecule has 182 valence electrons. The molecule has 0 unspecified atom stereocenters. The molecule has 4 rings (SSSR count). The van der Waals surface area contributed by atoms with E-state index in [9.17, 15) is 13.2 Å². The minimum atomic E-state index is -3.60. The monoisotopic (exact) mass is 532 g/mol. The number of aryl methyl sites for hydroxylation is 2. The van der Waals surface area contributed by atoms with Crippen molar-refractivity contribution in [1.29, 1.82) is 5.41 Å². The van der Waals surface area contributed by atoms with Crippen molar-refractivity contribution in [3.63, 3.8) is 0 Å². The number of hydrazone groups is 1. The highest BCUT2D eigenvalue weighted by atomic mass is 35.5. The van der Waals surface area contributed by atoms with Gasteiger partial charge in [0.1, 0.15) is 24.7 Å².